The standard InChI is InChI=1S/C15H22N2O6S/c1-5-23-15(19)9-8-14(18)16-12-10-11(6-7-13(12)22-4)24(20,21)17(2)3/h6-7,10H,5,8-9H2,1-4H3,(H,16,18). The molecule has 0 saturated heterocycles. The van der Waals surface area contributed by atoms with E-state index in [1.54, 1.807) is 6.92 Å². The second kappa shape index (κ2) is 8.65. The van der Waals surface area contributed by atoms with Gasteiger partial charge in [0.1, 0.15) is 5.75 Å². The van der Waals surface area contributed by atoms with Gasteiger partial charge in [-0.15, -0.1) is 0 Å². The van der Waals surface area contributed by atoms with Crippen molar-refractivity contribution in [3.8, 4) is 5.75 Å². The molecule has 0 saturated carbocycles. The second-order valence-corrected chi connectivity index (χ2v) is 7.15. The van der Waals surface area contributed by atoms with Crippen molar-refractivity contribution in [3.05, 3.63) is 18.2 Å². The molecule has 1 amide bonds. The highest BCUT2D eigenvalue weighted by atomic mass is 32.2. The summed E-state index contributed by atoms with van der Waals surface area (Å²) in [5.41, 5.74) is 0.217. The van der Waals surface area contributed by atoms with Gasteiger partial charge in [-0.3, -0.25) is 9.59 Å². The Balaban J connectivity index is 2.93. The molecule has 1 rings (SSSR count). The van der Waals surface area contributed by atoms with Crippen molar-refractivity contribution >= 4 is 27.6 Å². The molecule has 0 spiro atoms. The number of esters is 1. The molecule has 0 bridgehead atoms. The highest BCUT2D eigenvalue weighted by Gasteiger charge is 2.20. The molecule has 134 valence electrons. The fourth-order valence-corrected chi connectivity index (χ4v) is 2.75. The van der Waals surface area contributed by atoms with Crippen LogP contribution in [0.15, 0.2) is 23.1 Å². The van der Waals surface area contributed by atoms with E-state index in [9.17, 15) is 18.0 Å². The number of carbonyl (C=O) groups excluding carboxylic acids is 2. The maximum Gasteiger partial charge on any atom is 0.306 e. The van der Waals surface area contributed by atoms with Crippen molar-refractivity contribution in [1.82, 2.24) is 4.31 Å². The van der Waals surface area contributed by atoms with E-state index in [2.05, 4.69) is 5.32 Å². The summed E-state index contributed by atoms with van der Waals surface area (Å²) in [5.74, 6) is -0.596. The first-order valence-electron chi connectivity index (χ1n) is 7.28. The number of sulfonamides is 1. The van der Waals surface area contributed by atoms with E-state index in [-0.39, 0.29) is 30.0 Å². The molecule has 0 atom stereocenters. The molecule has 0 aliphatic rings. The molecule has 0 unspecified atom stereocenters. The van der Waals surface area contributed by atoms with Crippen LogP contribution in [0.5, 0.6) is 5.75 Å². The number of amides is 1. The van der Waals surface area contributed by atoms with Crippen LogP contribution < -0.4 is 10.1 Å². The van der Waals surface area contributed by atoms with Crippen LogP contribution in [0, 0.1) is 0 Å². The average Bonchev–Trinajstić information content (AvgIpc) is 2.53. The maximum atomic E-state index is 12.2. The van der Waals surface area contributed by atoms with E-state index in [1.807, 2.05) is 0 Å². The van der Waals surface area contributed by atoms with E-state index in [0.29, 0.717) is 5.75 Å². The lowest BCUT2D eigenvalue weighted by Gasteiger charge is -2.15. The lowest BCUT2D eigenvalue weighted by atomic mass is 10.2. The number of nitrogens with one attached hydrogen (secondary N) is 1. The molecule has 9 heteroatoms. The lowest BCUT2D eigenvalue weighted by Crippen LogP contribution is -2.22. The largest absolute Gasteiger partial charge is 0.495 e. The van der Waals surface area contributed by atoms with Gasteiger partial charge in [0, 0.05) is 20.5 Å². The van der Waals surface area contributed by atoms with Gasteiger partial charge in [0.2, 0.25) is 15.9 Å². The second-order valence-electron chi connectivity index (χ2n) is 5.00. The monoisotopic (exact) mass is 358 g/mol. The fraction of sp³-hybridized carbons (Fsp3) is 0.467. The number of nitrogens with zero attached hydrogens (tertiary/aromatic N) is 1. The number of rotatable bonds is 8. The third kappa shape index (κ3) is 5.20. The number of ether oxygens (including phenoxy) is 2. The summed E-state index contributed by atoms with van der Waals surface area (Å²) in [6, 6.07) is 4.16. The lowest BCUT2D eigenvalue weighted by molar-refractivity contribution is -0.144. The van der Waals surface area contributed by atoms with E-state index >= 15 is 0 Å². The molecule has 1 N–H and O–H groups in total. The Morgan fingerprint density at radius 3 is 2.42 bits per heavy atom. The third-order valence-electron chi connectivity index (χ3n) is 3.09. The summed E-state index contributed by atoms with van der Waals surface area (Å²) in [6.07, 6.45) is -0.135. The number of benzene rings is 1. The topological polar surface area (TPSA) is 102 Å². The van der Waals surface area contributed by atoms with E-state index in [1.165, 1.54) is 39.4 Å². The number of hydrogen-bond acceptors (Lipinski definition) is 6. The molecule has 0 heterocycles. The minimum absolute atomic E-state index is 0.0222. The molecule has 1 aromatic rings. The molecule has 0 aromatic heterocycles. The van der Waals surface area contributed by atoms with Gasteiger partial charge < -0.3 is 14.8 Å². The Bertz CT molecular complexity index is 700. The van der Waals surface area contributed by atoms with E-state index < -0.39 is 21.9 Å². The number of anilines is 1. The molecule has 8 nitrogen and oxygen atoms in total. The Kier molecular flexibility index (Phi) is 7.18. The van der Waals surface area contributed by atoms with Gasteiger partial charge in [-0.2, -0.15) is 0 Å². The summed E-state index contributed by atoms with van der Waals surface area (Å²) in [6.45, 7) is 1.93. The van der Waals surface area contributed by atoms with Gasteiger partial charge in [0.25, 0.3) is 0 Å². The number of methoxy groups -OCH3 is 1. The summed E-state index contributed by atoms with van der Waals surface area (Å²) in [5, 5.41) is 2.56. The third-order valence-corrected chi connectivity index (χ3v) is 4.90. The summed E-state index contributed by atoms with van der Waals surface area (Å²) in [7, 11) is 0.593. The van der Waals surface area contributed by atoms with Crippen molar-refractivity contribution in [3.63, 3.8) is 0 Å². The van der Waals surface area contributed by atoms with Crippen molar-refractivity contribution < 1.29 is 27.5 Å². The quantitative estimate of drug-likeness (QED) is 0.701. The molecule has 1 aromatic carbocycles. The number of carbonyl (C=O) groups is 2. The Labute approximate surface area is 141 Å². The van der Waals surface area contributed by atoms with Crippen molar-refractivity contribution in [2.75, 3.05) is 33.1 Å². The van der Waals surface area contributed by atoms with Gasteiger partial charge in [-0.05, 0) is 25.1 Å². The zero-order valence-corrected chi connectivity index (χ0v) is 15.0. The summed E-state index contributed by atoms with van der Waals surface area (Å²) >= 11 is 0. The predicted molar refractivity (Wildman–Crippen MR) is 88.4 cm³/mol. The van der Waals surface area contributed by atoms with E-state index in [4.69, 9.17) is 9.47 Å². The molecular formula is C15H22N2O6S. The van der Waals surface area contributed by atoms with Crippen LogP contribution in [-0.2, 0) is 24.3 Å². The van der Waals surface area contributed by atoms with Crippen molar-refractivity contribution in [2.45, 2.75) is 24.7 Å². The summed E-state index contributed by atoms with van der Waals surface area (Å²) in [4.78, 5) is 23.2. The minimum atomic E-state index is -3.64. The van der Waals surface area contributed by atoms with Crippen LogP contribution in [0.1, 0.15) is 19.8 Å². The normalized spacial score (nSPS) is 11.2. The Hall–Kier alpha value is -2.13. The Morgan fingerprint density at radius 2 is 1.88 bits per heavy atom. The van der Waals surface area contributed by atoms with Crippen LogP contribution in [0.4, 0.5) is 5.69 Å². The Morgan fingerprint density at radius 1 is 1.21 bits per heavy atom. The minimum Gasteiger partial charge on any atom is -0.495 e. The molecule has 0 aliphatic carbocycles. The first kappa shape index (κ1) is 19.9. The molecule has 0 radical (unpaired) electrons. The van der Waals surface area contributed by atoms with Crippen molar-refractivity contribution in [2.24, 2.45) is 0 Å². The first-order valence-corrected chi connectivity index (χ1v) is 8.72. The molecule has 0 aliphatic heterocycles. The van der Waals surface area contributed by atoms with Gasteiger partial charge in [0.15, 0.2) is 0 Å². The first-order chi connectivity index (χ1) is 11.2. The highest BCUT2D eigenvalue weighted by Crippen LogP contribution is 2.28. The van der Waals surface area contributed by atoms with Crippen LogP contribution in [0.3, 0.4) is 0 Å². The van der Waals surface area contributed by atoms with Crippen molar-refractivity contribution in [1.29, 1.82) is 0 Å². The van der Waals surface area contributed by atoms with Gasteiger partial charge in [-0.1, -0.05) is 0 Å². The molecule has 0 fully saturated rings. The smallest absolute Gasteiger partial charge is 0.306 e. The van der Waals surface area contributed by atoms with Crippen LogP contribution in [-0.4, -0.2) is 52.4 Å². The average molecular weight is 358 g/mol. The van der Waals surface area contributed by atoms with Crippen LogP contribution in [0.25, 0.3) is 0 Å². The highest BCUT2D eigenvalue weighted by molar-refractivity contribution is 7.89. The zero-order valence-electron chi connectivity index (χ0n) is 14.2. The maximum absolute atomic E-state index is 12.2. The summed E-state index contributed by atoms with van der Waals surface area (Å²) < 4.78 is 35.3. The van der Waals surface area contributed by atoms with Gasteiger partial charge in [-0.25, -0.2) is 12.7 Å². The van der Waals surface area contributed by atoms with E-state index in [0.717, 1.165) is 4.31 Å². The molecule has 24 heavy (non-hydrogen) atoms. The SMILES string of the molecule is CCOC(=O)CCC(=O)Nc1cc(S(=O)(=O)N(C)C)ccc1OC. The van der Waals surface area contributed by atoms with Crippen LogP contribution >= 0.6 is 0 Å². The van der Waals surface area contributed by atoms with Crippen LogP contribution in [0.2, 0.25) is 0 Å². The fourth-order valence-electron chi connectivity index (χ4n) is 1.82. The predicted octanol–water partition coefficient (Wildman–Crippen LogP) is 1.23. The molecular weight excluding hydrogens is 336 g/mol. The van der Waals surface area contributed by atoms with Gasteiger partial charge >= 0.3 is 5.97 Å². The number of hydrogen-bond donors (Lipinski definition) is 1. The van der Waals surface area contributed by atoms with Gasteiger partial charge in [0.05, 0.1) is 30.7 Å². The zero-order chi connectivity index (χ0) is 18.3.